The monoisotopic (exact) mass is 245 g/mol. The Balaban J connectivity index is 2.58. The molecule has 0 aromatic carbocycles. The molecule has 0 aliphatic heterocycles. The minimum absolute atomic E-state index is 0.0548. The number of thioether (sulfide) groups is 1. The van der Waals surface area contributed by atoms with Crippen molar-refractivity contribution < 1.29 is 4.79 Å². The summed E-state index contributed by atoms with van der Waals surface area (Å²) >= 11 is 7.27. The summed E-state index contributed by atoms with van der Waals surface area (Å²) in [5.74, 6) is 1.04. The van der Waals surface area contributed by atoms with E-state index in [1.807, 2.05) is 13.2 Å². The molecular weight excluding hydrogens is 234 g/mol. The lowest BCUT2D eigenvalue weighted by Crippen LogP contribution is -2.22. The van der Waals surface area contributed by atoms with E-state index in [0.717, 1.165) is 5.75 Å². The molecule has 0 fully saturated rings. The van der Waals surface area contributed by atoms with Crippen molar-refractivity contribution >= 4 is 35.1 Å². The number of aromatic nitrogens is 2. The number of anilines is 1. The Hall–Kier alpha value is -0.810. The van der Waals surface area contributed by atoms with Crippen molar-refractivity contribution in [2.24, 2.45) is 5.92 Å². The van der Waals surface area contributed by atoms with Crippen molar-refractivity contribution in [1.82, 2.24) is 9.97 Å². The van der Waals surface area contributed by atoms with Crippen molar-refractivity contribution in [2.75, 3.05) is 17.3 Å². The normalized spacial score (nSPS) is 12.2. The van der Waals surface area contributed by atoms with Gasteiger partial charge in [-0.2, -0.15) is 11.8 Å². The summed E-state index contributed by atoms with van der Waals surface area (Å²) in [6, 6.07) is 0. The first-order valence-electron chi connectivity index (χ1n) is 4.41. The van der Waals surface area contributed by atoms with Crippen LogP contribution in [0.4, 0.5) is 5.82 Å². The molecule has 15 heavy (non-hydrogen) atoms. The van der Waals surface area contributed by atoms with E-state index in [-0.39, 0.29) is 17.0 Å². The Kier molecular flexibility index (Phi) is 4.84. The molecule has 0 radical (unpaired) electrons. The molecule has 1 heterocycles. The summed E-state index contributed by atoms with van der Waals surface area (Å²) in [5, 5.41) is 2.93. The van der Waals surface area contributed by atoms with Crippen LogP contribution in [-0.4, -0.2) is 27.9 Å². The van der Waals surface area contributed by atoms with E-state index in [0.29, 0.717) is 5.82 Å². The van der Waals surface area contributed by atoms with Gasteiger partial charge >= 0.3 is 0 Å². The summed E-state index contributed by atoms with van der Waals surface area (Å²) < 4.78 is 0. The molecule has 0 aliphatic rings. The van der Waals surface area contributed by atoms with E-state index < -0.39 is 0 Å². The van der Waals surface area contributed by atoms with E-state index in [1.165, 1.54) is 12.4 Å². The van der Waals surface area contributed by atoms with Gasteiger partial charge in [0.05, 0.1) is 12.4 Å². The molecule has 4 nitrogen and oxygen atoms in total. The average molecular weight is 246 g/mol. The SMILES string of the molecule is CSCC(C)C(=O)Nc1cncc(Cl)n1. The molecular formula is C9H12ClN3OS. The molecule has 1 N–H and O–H groups in total. The third kappa shape index (κ3) is 4.05. The second-order valence-corrected chi connectivity index (χ2v) is 4.37. The Bertz CT molecular complexity index is 348. The number of amides is 1. The van der Waals surface area contributed by atoms with Crippen molar-refractivity contribution in [1.29, 1.82) is 0 Å². The van der Waals surface area contributed by atoms with E-state index >= 15 is 0 Å². The van der Waals surface area contributed by atoms with Gasteiger partial charge in [0, 0.05) is 11.7 Å². The highest BCUT2D eigenvalue weighted by Gasteiger charge is 2.12. The Morgan fingerprint density at radius 2 is 2.40 bits per heavy atom. The quantitative estimate of drug-likeness (QED) is 0.882. The molecule has 1 unspecified atom stereocenters. The smallest absolute Gasteiger partial charge is 0.229 e. The maximum absolute atomic E-state index is 11.6. The topological polar surface area (TPSA) is 54.9 Å². The molecule has 1 aromatic heterocycles. The van der Waals surface area contributed by atoms with Crippen LogP contribution in [0.2, 0.25) is 5.15 Å². The fourth-order valence-electron chi connectivity index (χ4n) is 0.978. The summed E-state index contributed by atoms with van der Waals surface area (Å²) in [5.41, 5.74) is 0. The van der Waals surface area contributed by atoms with Gasteiger partial charge in [-0.15, -0.1) is 0 Å². The molecule has 1 rings (SSSR count). The van der Waals surface area contributed by atoms with Gasteiger partial charge in [0.15, 0.2) is 5.82 Å². The largest absolute Gasteiger partial charge is 0.309 e. The lowest BCUT2D eigenvalue weighted by Gasteiger charge is -2.09. The summed E-state index contributed by atoms with van der Waals surface area (Å²) in [6.07, 6.45) is 4.85. The zero-order chi connectivity index (χ0) is 11.3. The van der Waals surface area contributed by atoms with E-state index in [1.54, 1.807) is 11.8 Å². The number of hydrogen-bond acceptors (Lipinski definition) is 4. The lowest BCUT2D eigenvalue weighted by molar-refractivity contribution is -0.118. The van der Waals surface area contributed by atoms with Gasteiger partial charge in [-0.25, -0.2) is 4.98 Å². The number of hydrogen-bond donors (Lipinski definition) is 1. The van der Waals surface area contributed by atoms with Crippen molar-refractivity contribution in [3.8, 4) is 0 Å². The molecule has 0 aliphatic carbocycles. The van der Waals surface area contributed by atoms with Crippen LogP contribution in [-0.2, 0) is 4.79 Å². The van der Waals surface area contributed by atoms with E-state index in [2.05, 4.69) is 15.3 Å². The first kappa shape index (κ1) is 12.3. The Labute approximate surface area is 97.8 Å². The number of carbonyl (C=O) groups excluding carboxylic acids is 1. The van der Waals surface area contributed by atoms with Crippen LogP contribution in [0.5, 0.6) is 0 Å². The van der Waals surface area contributed by atoms with Gasteiger partial charge in [0.25, 0.3) is 0 Å². The van der Waals surface area contributed by atoms with Gasteiger partial charge < -0.3 is 5.32 Å². The molecule has 0 saturated heterocycles. The van der Waals surface area contributed by atoms with Crippen LogP contribution in [0.25, 0.3) is 0 Å². The maximum Gasteiger partial charge on any atom is 0.229 e. The molecule has 0 bridgehead atoms. The minimum atomic E-state index is -0.0686. The van der Waals surface area contributed by atoms with Crippen molar-refractivity contribution in [3.05, 3.63) is 17.5 Å². The van der Waals surface area contributed by atoms with Crippen LogP contribution in [0, 0.1) is 5.92 Å². The highest BCUT2D eigenvalue weighted by atomic mass is 35.5. The van der Waals surface area contributed by atoms with Crippen LogP contribution in [0.15, 0.2) is 12.4 Å². The maximum atomic E-state index is 11.6. The standard InChI is InChI=1S/C9H12ClN3OS/c1-6(5-15-2)9(14)13-8-4-11-3-7(10)12-8/h3-4,6H,5H2,1-2H3,(H,12,13,14). The fourth-order valence-corrected chi connectivity index (χ4v) is 1.78. The number of carbonyl (C=O) groups is 1. The third-order valence-electron chi connectivity index (χ3n) is 1.72. The summed E-state index contributed by atoms with van der Waals surface area (Å²) in [7, 11) is 0. The Morgan fingerprint density at radius 3 is 3.00 bits per heavy atom. The zero-order valence-corrected chi connectivity index (χ0v) is 10.1. The van der Waals surface area contributed by atoms with Crippen molar-refractivity contribution in [2.45, 2.75) is 6.92 Å². The molecule has 6 heteroatoms. The predicted octanol–water partition coefficient (Wildman–Crippen LogP) is 2.07. The second-order valence-electron chi connectivity index (χ2n) is 3.07. The summed E-state index contributed by atoms with van der Waals surface area (Å²) in [4.78, 5) is 19.3. The highest BCUT2D eigenvalue weighted by Crippen LogP contribution is 2.10. The van der Waals surface area contributed by atoms with Gasteiger partial charge in [0.1, 0.15) is 5.15 Å². The minimum Gasteiger partial charge on any atom is -0.309 e. The average Bonchev–Trinajstić information content (AvgIpc) is 2.18. The molecule has 82 valence electrons. The van der Waals surface area contributed by atoms with Gasteiger partial charge in [0.2, 0.25) is 5.91 Å². The van der Waals surface area contributed by atoms with Crippen molar-refractivity contribution in [3.63, 3.8) is 0 Å². The van der Waals surface area contributed by atoms with Crippen LogP contribution < -0.4 is 5.32 Å². The third-order valence-corrected chi connectivity index (χ3v) is 2.74. The number of nitrogens with zero attached hydrogens (tertiary/aromatic N) is 2. The zero-order valence-electron chi connectivity index (χ0n) is 8.53. The van der Waals surface area contributed by atoms with Gasteiger partial charge in [-0.05, 0) is 6.26 Å². The first-order valence-corrected chi connectivity index (χ1v) is 6.18. The van der Waals surface area contributed by atoms with Gasteiger partial charge in [-0.3, -0.25) is 9.78 Å². The Morgan fingerprint density at radius 1 is 1.67 bits per heavy atom. The van der Waals surface area contributed by atoms with E-state index in [9.17, 15) is 4.79 Å². The molecule has 1 aromatic rings. The first-order chi connectivity index (χ1) is 7.13. The molecule has 1 amide bonds. The lowest BCUT2D eigenvalue weighted by atomic mass is 10.2. The molecule has 1 atom stereocenters. The van der Waals surface area contributed by atoms with E-state index in [4.69, 9.17) is 11.6 Å². The summed E-state index contributed by atoms with van der Waals surface area (Å²) in [6.45, 7) is 1.86. The highest BCUT2D eigenvalue weighted by molar-refractivity contribution is 7.98. The molecule has 0 spiro atoms. The molecule has 0 saturated carbocycles. The second kappa shape index (κ2) is 5.92. The predicted molar refractivity (Wildman–Crippen MR) is 63.2 cm³/mol. The van der Waals surface area contributed by atoms with Crippen LogP contribution in [0.1, 0.15) is 6.92 Å². The van der Waals surface area contributed by atoms with Crippen LogP contribution in [0.3, 0.4) is 0 Å². The number of nitrogens with one attached hydrogen (secondary N) is 1. The fraction of sp³-hybridized carbons (Fsp3) is 0.444. The van der Waals surface area contributed by atoms with Gasteiger partial charge in [-0.1, -0.05) is 18.5 Å². The van der Waals surface area contributed by atoms with Crippen LogP contribution >= 0.6 is 23.4 Å². The number of halogens is 1. The number of rotatable bonds is 4.